The molecule has 2 heterocycles. The van der Waals surface area contributed by atoms with Crippen molar-refractivity contribution in [3.8, 4) is 5.75 Å². The third kappa shape index (κ3) is 4.16. The fourth-order valence-electron chi connectivity index (χ4n) is 2.01. The van der Waals surface area contributed by atoms with E-state index in [1.807, 2.05) is 42.5 Å². The number of benzene rings is 1. The van der Waals surface area contributed by atoms with E-state index in [9.17, 15) is 4.79 Å². The number of pyridine rings is 1. The number of nitrogens with one attached hydrogen (secondary N) is 2. The molecule has 23 heavy (non-hydrogen) atoms. The third-order valence-corrected chi connectivity index (χ3v) is 3.18. The Labute approximate surface area is 133 Å². The molecular formula is C17H16N4O2. The van der Waals surface area contributed by atoms with Gasteiger partial charge in [0.2, 0.25) is 0 Å². The number of hydrogen-bond acceptors (Lipinski definition) is 4. The first-order valence-electron chi connectivity index (χ1n) is 7.20. The predicted octanol–water partition coefficient (Wildman–Crippen LogP) is 2.31. The summed E-state index contributed by atoms with van der Waals surface area (Å²) in [4.78, 5) is 16.1. The van der Waals surface area contributed by atoms with Gasteiger partial charge in [0.15, 0.2) is 0 Å². The summed E-state index contributed by atoms with van der Waals surface area (Å²) in [6, 6.07) is 14.9. The molecule has 3 rings (SSSR count). The van der Waals surface area contributed by atoms with Gasteiger partial charge in [-0.3, -0.25) is 14.9 Å². The van der Waals surface area contributed by atoms with Gasteiger partial charge in [-0.15, -0.1) is 0 Å². The summed E-state index contributed by atoms with van der Waals surface area (Å²) in [5.41, 5.74) is 2.00. The van der Waals surface area contributed by atoms with E-state index in [4.69, 9.17) is 4.74 Å². The van der Waals surface area contributed by atoms with E-state index in [0.29, 0.717) is 18.8 Å². The topological polar surface area (TPSA) is 79.9 Å². The zero-order chi connectivity index (χ0) is 15.9. The Morgan fingerprint density at radius 1 is 1.17 bits per heavy atom. The van der Waals surface area contributed by atoms with Gasteiger partial charge in [0.05, 0.1) is 5.69 Å². The second-order valence-corrected chi connectivity index (χ2v) is 4.92. The largest absolute Gasteiger partial charge is 0.487 e. The average Bonchev–Trinajstić information content (AvgIpc) is 3.09. The number of H-pyrrole nitrogens is 1. The molecule has 0 saturated heterocycles. The summed E-state index contributed by atoms with van der Waals surface area (Å²) in [5.74, 6) is 0.528. The van der Waals surface area contributed by atoms with E-state index < -0.39 is 0 Å². The van der Waals surface area contributed by atoms with Crippen LogP contribution in [0.2, 0.25) is 0 Å². The second-order valence-electron chi connectivity index (χ2n) is 4.92. The van der Waals surface area contributed by atoms with Crippen LogP contribution in [0.25, 0.3) is 0 Å². The van der Waals surface area contributed by atoms with Crippen molar-refractivity contribution in [2.75, 3.05) is 0 Å². The summed E-state index contributed by atoms with van der Waals surface area (Å²) in [6.07, 6.45) is 3.40. The van der Waals surface area contributed by atoms with Crippen LogP contribution >= 0.6 is 0 Å². The van der Waals surface area contributed by atoms with E-state index in [2.05, 4.69) is 20.5 Å². The molecule has 1 amide bonds. The SMILES string of the molecule is O=C(NCc1cccnc1)c1cc(COc2ccccc2)[nH]n1. The number of carbonyl (C=O) groups is 1. The van der Waals surface area contributed by atoms with Crippen LogP contribution in [0.1, 0.15) is 21.7 Å². The van der Waals surface area contributed by atoms with E-state index >= 15 is 0 Å². The molecule has 0 radical (unpaired) electrons. The Bertz CT molecular complexity index is 757. The molecule has 6 heteroatoms. The van der Waals surface area contributed by atoms with Gasteiger partial charge in [0.1, 0.15) is 18.1 Å². The van der Waals surface area contributed by atoms with Crippen LogP contribution < -0.4 is 10.1 Å². The molecule has 0 aliphatic heterocycles. The van der Waals surface area contributed by atoms with Gasteiger partial charge in [0, 0.05) is 18.9 Å². The highest BCUT2D eigenvalue weighted by Gasteiger charge is 2.10. The molecule has 1 aromatic carbocycles. The fourth-order valence-corrected chi connectivity index (χ4v) is 2.01. The molecule has 2 N–H and O–H groups in total. The molecule has 0 aliphatic rings. The van der Waals surface area contributed by atoms with Crippen molar-refractivity contribution in [3.63, 3.8) is 0 Å². The Morgan fingerprint density at radius 2 is 2.04 bits per heavy atom. The molecule has 0 aliphatic carbocycles. The summed E-state index contributed by atoms with van der Waals surface area (Å²) in [7, 11) is 0. The van der Waals surface area contributed by atoms with Crippen molar-refractivity contribution in [2.24, 2.45) is 0 Å². The van der Waals surface area contributed by atoms with Crippen LogP contribution in [-0.4, -0.2) is 21.1 Å². The molecular weight excluding hydrogens is 292 g/mol. The number of para-hydroxylation sites is 1. The molecule has 2 aromatic heterocycles. The quantitative estimate of drug-likeness (QED) is 0.732. The van der Waals surface area contributed by atoms with Gasteiger partial charge in [-0.25, -0.2) is 0 Å². The van der Waals surface area contributed by atoms with Gasteiger partial charge in [0.25, 0.3) is 5.91 Å². The lowest BCUT2D eigenvalue weighted by Crippen LogP contribution is -2.23. The van der Waals surface area contributed by atoms with Gasteiger partial charge < -0.3 is 10.1 Å². The predicted molar refractivity (Wildman–Crippen MR) is 84.8 cm³/mol. The first kappa shape index (κ1) is 14.8. The number of aromatic amines is 1. The van der Waals surface area contributed by atoms with Crippen LogP contribution in [0.5, 0.6) is 5.75 Å². The first-order valence-corrected chi connectivity index (χ1v) is 7.20. The second kappa shape index (κ2) is 7.22. The summed E-state index contributed by atoms with van der Waals surface area (Å²) < 4.78 is 5.60. The van der Waals surface area contributed by atoms with E-state index in [1.54, 1.807) is 18.5 Å². The Morgan fingerprint density at radius 3 is 2.83 bits per heavy atom. The molecule has 0 unspecified atom stereocenters. The number of nitrogens with zero attached hydrogens (tertiary/aromatic N) is 2. The first-order chi connectivity index (χ1) is 11.3. The Kier molecular flexibility index (Phi) is 4.63. The maximum atomic E-state index is 12.1. The Balaban J connectivity index is 1.53. The van der Waals surface area contributed by atoms with Crippen molar-refractivity contribution in [1.29, 1.82) is 0 Å². The summed E-state index contributed by atoms with van der Waals surface area (Å²) in [6.45, 7) is 0.738. The van der Waals surface area contributed by atoms with Crippen molar-refractivity contribution < 1.29 is 9.53 Å². The molecule has 0 bridgehead atoms. The number of aromatic nitrogens is 3. The van der Waals surface area contributed by atoms with Crippen LogP contribution in [0.4, 0.5) is 0 Å². The van der Waals surface area contributed by atoms with Crippen LogP contribution in [0, 0.1) is 0 Å². The van der Waals surface area contributed by atoms with Gasteiger partial charge in [-0.05, 0) is 29.8 Å². The molecule has 0 saturated carbocycles. The van der Waals surface area contributed by atoms with E-state index in [-0.39, 0.29) is 5.91 Å². The van der Waals surface area contributed by atoms with E-state index in [1.165, 1.54) is 0 Å². The maximum absolute atomic E-state index is 12.1. The highest BCUT2D eigenvalue weighted by molar-refractivity contribution is 5.92. The molecule has 116 valence electrons. The molecule has 3 aromatic rings. The zero-order valence-electron chi connectivity index (χ0n) is 12.4. The zero-order valence-corrected chi connectivity index (χ0v) is 12.4. The standard InChI is InChI=1S/C17H16N4O2/c22-17(19-11-13-5-4-8-18-10-13)16-9-14(20-21-16)12-23-15-6-2-1-3-7-15/h1-10H,11-12H2,(H,19,22)(H,20,21). The number of carbonyl (C=O) groups excluding carboxylic acids is 1. The molecule has 6 nitrogen and oxygen atoms in total. The van der Waals surface area contributed by atoms with Gasteiger partial charge >= 0.3 is 0 Å². The minimum atomic E-state index is -0.240. The number of ether oxygens (including phenoxy) is 1. The minimum absolute atomic E-state index is 0.240. The average molecular weight is 308 g/mol. The van der Waals surface area contributed by atoms with E-state index in [0.717, 1.165) is 17.0 Å². The van der Waals surface area contributed by atoms with Crippen molar-refractivity contribution >= 4 is 5.91 Å². The highest BCUT2D eigenvalue weighted by Crippen LogP contribution is 2.11. The van der Waals surface area contributed by atoms with Crippen molar-refractivity contribution in [2.45, 2.75) is 13.2 Å². The summed E-state index contributed by atoms with van der Waals surface area (Å²) in [5, 5.41) is 9.62. The minimum Gasteiger partial charge on any atom is -0.487 e. The smallest absolute Gasteiger partial charge is 0.272 e. The van der Waals surface area contributed by atoms with Gasteiger partial charge in [-0.1, -0.05) is 24.3 Å². The van der Waals surface area contributed by atoms with Gasteiger partial charge in [-0.2, -0.15) is 5.10 Å². The maximum Gasteiger partial charge on any atom is 0.272 e. The number of amides is 1. The van der Waals surface area contributed by atoms with Crippen LogP contribution in [0.3, 0.4) is 0 Å². The molecule has 0 atom stereocenters. The third-order valence-electron chi connectivity index (χ3n) is 3.18. The normalized spacial score (nSPS) is 10.3. The summed E-state index contributed by atoms with van der Waals surface area (Å²) >= 11 is 0. The number of rotatable bonds is 6. The lowest BCUT2D eigenvalue weighted by Gasteiger charge is -2.03. The molecule has 0 spiro atoms. The number of hydrogen-bond donors (Lipinski definition) is 2. The van der Waals surface area contributed by atoms with Crippen molar-refractivity contribution in [1.82, 2.24) is 20.5 Å². The van der Waals surface area contributed by atoms with Crippen molar-refractivity contribution in [3.05, 3.63) is 77.9 Å². The van der Waals surface area contributed by atoms with Crippen LogP contribution in [0.15, 0.2) is 60.9 Å². The Hall–Kier alpha value is -3.15. The molecule has 0 fully saturated rings. The lowest BCUT2D eigenvalue weighted by atomic mass is 10.3. The monoisotopic (exact) mass is 308 g/mol. The van der Waals surface area contributed by atoms with Crippen LogP contribution in [-0.2, 0) is 13.2 Å². The highest BCUT2D eigenvalue weighted by atomic mass is 16.5. The lowest BCUT2D eigenvalue weighted by molar-refractivity contribution is 0.0946. The fraction of sp³-hybridized carbons (Fsp3) is 0.118.